The molecule has 0 amide bonds. The molecule has 0 aromatic heterocycles. The Balaban J connectivity index is 2.66. The van der Waals surface area contributed by atoms with Gasteiger partial charge in [-0.25, -0.2) is 0 Å². The van der Waals surface area contributed by atoms with Gasteiger partial charge in [-0.1, -0.05) is 0 Å². The predicted octanol–water partition coefficient (Wildman–Crippen LogP) is -3.67. The summed E-state index contributed by atoms with van der Waals surface area (Å²) in [5.74, 6) is 0. The molecule has 1 saturated heterocycles. The molecule has 6 nitrogen and oxygen atoms in total. The van der Waals surface area contributed by atoms with Crippen LogP contribution >= 0.6 is 0 Å². The van der Waals surface area contributed by atoms with Gasteiger partial charge in [0.05, 0.1) is 12.2 Å². The molecule has 6 heteroatoms. The predicted molar refractivity (Wildman–Crippen MR) is 46.8 cm³/mol. The fourth-order valence-corrected chi connectivity index (χ4v) is 1.57. The van der Waals surface area contributed by atoms with Gasteiger partial charge in [0.25, 0.3) is 0 Å². The van der Waals surface area contributed by atoms with Crippen LogP contribution in [0.3, 0.4) is 0 Å². The van der Waals surface area contributed by atoms with Crippen molar-refractivity contribution in [1.82, 2.24) is 5.32 Å². The van der Waals surface area contributed by atoms with E-state index in [4.69, 9.17) is 11.5 Å². The van der Waals surface area contributed by atoms with E-state index in [0.717, 1.165) is 0 Å². The minimum Gasteiger partial charge on any atom is -0.389 e. The normalized spacial score (nSPS) is 46.4. The van der Waals surface area contributed by atoms with E-state index in [1.54, 1.807) is 0 Å². The van der Waals surface area contributed by atoms with Crippen LogP contribution in [0.5, 0.6) is 0 Å². The lowest BCUT2D eigenvalue weighted by molar-refractivity contribution is -0.110. The molecular weight excluding hydrogens is 174 g/mol. The van der Waals surface area contributed by atoms with E-state index in [-0.39, 0.29) is 13.1 Å². The van der Waals surface area contributed by atoms with Crippen LogP contribution in [0.2, 0.25) is 0 Å². The van der Waals surface area contributed by atoms with Gasteiger partial charge in [-0.3, -0.25) is 0 Å². The third-order valence-corrected chi connectivity index (χ3v) is 2.46. The van der Waals surface area contributed by atoms with Crippen LogP contribution in [0.25, 0.3) is 0 Å². The second-order valence-electron chi connectivity index (χ2n) is 3.32. The number of rotatable bonds is 2. The van der Waals surface area contributed by atoms with Crippen LogP contribution in [0.4, 0.5) is 0 Å². The number of hydrogen-bond acceptors (Lipinski definition) is 6. The lowest BCUT2D eigenvalue weighted by Gasteiger charge is -2.40. The van der Waals surface area contributed by atoms with Gasteiger partial charge in [0.1, 0.15) is 6.10 Å². The third-order valence-electron chi connectivity index (χ3n) is 2.46. The van der Waals surface area contributed by atoms with E-state index >= 15 is 0 Å². The lowest BCUT2D eigenvalue weighted by Crippen LogP contribution is -2.68. The molecule has 1 aliphatic rings. The molecule has 8 N–H and O–H groups in total. The highest BCUT2D eigenvalue weighted by Crippen LogP contribution is 2.14. The molecule has 1 aliphatic heterocycles. The molecule has 0 radical (unpaired) electrons. The van der Waals surface area contributed by atoms with E-state index in [1.807, 2.05) is 0 Å². The van der Waals surface area contributed by atoms with Crippen molar-refractivity contribution in [3.63, 3.8) is 0 Å². The van der Waals surface area contributed by atoms with Crippen molar-refractivity contribution in [2.45, 2.75) is 30.4 Å². The summed E-state index contributed by atoms with van der Waals surface area (Å²) in [4.78, 5) is 0. The molecule has 4 unspecified atom stereocenters. The SMILES string of the molecule is NCC1NC(CN)C(O)C(O)C1O. The third kappa shape index (κ3) is 1.98. The Labute approximate surface area is 76.5 Å². The summed E-state index contributed by atoms with van der Waals surface area (Å²) in [6, 6.07) is -0.820. The van der Waals surface area contributed by atoms with Gasteiger partial charge < -0.3 is 32.1 Å². The van der Waals surface area contributed by atoms with E-state index in [1.165, 1.54) is 0 Å². The van der Waals surface area contributed by atoms with Gasteiger partial charge in [-0.05, 0) is 0 Å². The number of aliphatic hydroxyl groups excluding tert-OH is 3. The maximum atomic E-state index is 9.43. The van der Waals surface area contributed by atoms with Crippen LogP contribution in [-0.4, -0.2) is 58.8 Å². The first-order valence-electron chi connectivity index (χ1n) is 4.32. The Morgan fingerprint density at radius 3 is 1.54 bits per heavy atom. The minimum atomic E-state index is -1.18. The first kappa shape index (κ1) is 10.8. The van der Waals surface area contributed by atoms with Gasteiger partial charge in [-0.2, -0.15) is 0 Å². The van der Waals surface area contributed by atoms with E-state index in [2.05, 4.69) is 5.32 Å². The molecule has 0 aliphatic carbocycles. The summed E-state index contributed by atoms with van der Waals surface area (Å²) >= 11 is 0. The Morgan fingerprint density at radius 1 is 0.846 bits per heavy atom. The van der Waals surface area contributed by atoms with Crippen molar-refractivity contribution in [2.24, 2.45) is 11.5 Å². The monoisotopic (exact) mass is 191 g/mol. The fraction of sp³-hybridized carbons (Fsp3) is 1.00. The highest BCUT2D eigenvalue weighted by molar-refractivity contribution is 4.98. The van der Waals surface area contributed by atoms with Gasteiger partial charge in [-0.15, -0.1) is 0 Å². The van der Waals surface area contributed by atoms with Crippen molar-refractivity contribution in [1.29, 1.82) is 0 Å². The topological polar surface area (TPSA) is 125 Å². The van der Waals surface area contributed by atoms with E-state index in [0.29, 0.717) is 0 Å². The molecule has 13 heavy (non-hydrogen) atoms. The molecule has 0 bridgehead atoms. The number of nitrogens with two attached hydrogens (primary N) is 2. The molecule has 0 aromatic rings. The maximum Gasteiger partial charge on any atom is 0.109 e. The van der Waals surface area contributed by atoms with Crippen molar-refractivity contribution in [3.8, 4) is 0 Å². The largest absolute Gasteiger partial charge is 0.389 e. The number of nitrogens with one attached hydrogen (secondary N) is 1. The Bertz CT molecular complexity index is 149. The quantitative estimate of drug-likeness (QED) is 0.267. The molecule has 4 atom stereocenters. The van der Waals surface area contributed by atoms with Gasteiger partial charge in [0.2, 0.25) is 0 Å². The number of piperidine rings is 1. The summed E-state index contributed by atoms with van der Waals surface area (Å²) in [5, 5.41) is 31.1. The molecule has 0 spiro atoms. The molecule has 1 fully saturated rings. The van der Waals surface area contributed by atoms with Crippen molar-refractivity contribution in [2.75, 3.05) is 13.1 Å². The van der Waals surface area contributed by atoms with Crippen LogP contribution < -0.4 is 16.8 Å². The van der Waals surface area contributed by atoms with Gasteiger partial charge in [0, 0.05) is 25.2 Å². The minimum absolute atomic E-state index is 0.196. The molecule has 78 valence electrons. The van der Waals surface area contributed by atoms with Gasteiger partial charge >= 0.3 is 0 Å². The second kappa shape index (κ2) is 4.32. The summed E-state index contributed by atoms with van der Waals surface area (Å²) in [6.07, 6.45) is -3.26. The maximum absolute atomic E-state index is 9.43. The smallest absolute Gasteiger partial charge is 0.109 e. The highest BCUT2D eigenvalue weighted by Gasteiger charge is 2.40. The molecule has 1 rings (SSSR count). The Kier molecular flexibility index (Phi) is 3.60. The van der Waals surface area contributed by atoms with E-state index in [9.17, 15) is 15.3 Å². The van der Waals surface area contributed by atoms with Crippen LogP contribution in [0, 0.1) is 0 Å². The summed E-state index contributed by atoms with van der Waals surface area (Å²) < 4.78 is 0. The zero-order valence-corrected chi connectivity index (χ0v) is 7.30. The molecule has 0 saturated carbocycles. The zero-order chi connectivity index (χ0) is 10.0. The number of aliphatic hydroxyl groups is 3. The molecular formula is C7H17N3O3. The van der Waals surface area contributed by atoms with E-state index < -0.39 is 30.4 Å². The zero-order valence-electron chi connectivity index (χ0n) is 7.30. The van der Waals surface area contributed by atoms with Crippen LogP contribution in [-0.2, 0) is 0 Å². The summed E-state index contributed by atoms with van der Waals surface area (Å²) in [6.45, 7) is 0.392. The molecule has 1 heterocycles. The fourth-order valence-electron chi connectivity index (χ4n) is 1.57. The number of hydrogen-bond donors (Lipinski definition) is 6. The second-order valence-corrected chi connectivity index (χ2v) is 3.32. The molecule has 0 aromatic carbocycles. The first-order chi connectivity index (χ1) is 6.11. The highest BCUT2D eigenvalue weighted by atomic mass is 16.4. The van der Waals surface area contributed by atoms with Gasteiger partial charge in [0.15, 0.2) is 0 Å². The Hall–Kier alpha value is -0.240. The standard InChI is InChI=1S/C7H17N3O3/c8-1-3-5(11)7(13)6(12)4(2-9)10-3/h3-7,10-13H,1-2,8-9H2. The first-order valence-corrected chi connectivity index (χ1v) is 4.32. The summed E-state index contributed by atoms with van der Waals surface area (Å²) in [7, 11) is 0. The van der Waals surface area contributed by atoms with Crippen molar-refractivity contribution < 1.29 is 15.3 Å². The van der Waals surface area contributed by atoms with Crippen molar-refractivity contribution in [3.05, 3.63) is 0 Å². The Morgan fingerprint density at radius 2 is 1.23 bits per heavy atom. The van der Waals surface area contributed by atoms with Crippen molar-refractivity contribution >= 4 is 0 Å². The van der Waals surface area contributed by atoms with Crippen LogP contribution in [0.15, 0.2) is 0 Å². The average Bonchev–Trinajstić information content (AvgIpc) is 2.15. The summed E-state index contributed by atoms with van der Waals surface area (Å²) in [5.41, 5.74) is 10.7. The average molecular weight is 191 g/mol. The lowest BCUT2D eigenvalue weighted by atomic mass is 9.90. The van der Waals surface area contributed by atoms with Crippen LogP contribution in [0.1, 0.15) is 0 Å².